The number of hydrogen-bond donors (Lipinski definition) is 0. The molecule has 0 heterocycles. The number of hydrogen-bond acceptors (Lipinski definition) is 2. The molecule has 0 saturated heterocycles. The van der Waals surface area contributed by atoms with Crippen molar-refractivity contribution in [2.24, 2.45) is 0 Å². The monoisotopic (exact) mass is 208 g/mol. The highest BCUT2D eigenvalue weighted by atomic mass is 16.5. The molecule has 84 valence electrons. The second-order valence-corrected chi connectivity index (χ2v) is 4.23. The summed E-state index contributed by atoms with van der Waals surface area (Å²) in [6, 6.07) is 6.10. The topological polar surface area (TPSA) is 18.5 Å². The van der Waals surface area contributed by atoms with Crippen molar-refractivity contribution in [2.45, 2.75) is 39.7 Å². The van der Waals surface area contributed by atoms with Gasteiger partial charge in [0.25, 0.3) is 0 Å². The molecule has 0 N–H and O–H groups in total. The first-order valence-corrected chi connectivity index (χ1v) is 5.39. The SMILES string of the molecule is COc1ccc(C(C)C)cc1OC(C)C. The summed E-state index contributed by atoms with van der Waals surface area (Å²) in [5, 5.41) is 0. The van der Waals surface area contributed by atoms with Crippen LogP contribution in [0.3, 0.4) is 0 Å². The third kappa shape index (κ3) is 3.15. The molecule has 1 rings (SSSR count). The van der Waals surface area contributed by atoms with E-state index in [2.05, 4.69) is 26.0 Å². The van der Waals surface area contributed by atoms with E-state index in [1.807, 2.05) is 19.9 Å². The molecule has 1 aromatic rings. The van der Waals surface area contributed by atoms with Gasteiger partial charge in [-0.2, -0.15) is 0 Å². The summed E-state index contributed by atoms with van der Waals surface area (Å²) in [4.78, 5) is 0. The van der Waals surface area contributed by atoms with E-state index in [1.54, 1.807) is 7.11 Å². The largest absolute Gasteiger partial charge is 0.493 e. The van der Waals surface area contributed by atoms with Crippen LogP contribution < -0.4 is 9.47 Å². The molecular formula is C13H20O2. The fraction of sp³-hybridized carbons (Fsp3) is 0.538. The normalized spacial score (nSPS) is 10.9. The van der Waals surface area contributed by atoms with Gasteiger partial charge < -0.3 is 9.47 Å². The minimum Gasteiger partial charge on any atom is -0.493 e. The maximum absolute atomic E-state index is 5.70. The van der Waals surface area contributed by atoms with E-state index < -0.39 is 0 Å². The van der Waals surface area contributed by atoms with Crippen LogP contribution in [0.2, 0.25) is 0 Å². The van der Waals surface area contributed by atoms with E-state index in [4.69, 9.17) is 9.47 Å². The Morgan fingerprint density at radius 1 is 1.00 bits per heavy atom. The predicted molar refractivity (Wildman–Crippen MR) is 62.8 cm³/mol. The lowest BCUT2D eigenvalue weighted by atomic mass is 10.0. The Kier molecular flexibility index (Phi) is 4.01. The van der Waals surface area contributed by atoms with Crippen molar-refractivity contribution in [3.8, 4) is 11.5 Å². The van der Waals surface area contributed by atoms with Gasteiger partial charge in [-0.05, 0) is 37.5 Å². The van der Waals surface area contributed by atoms with Crippen molar-refractivity contribution in [1.82, 2.24) is 0 Å². The zero-order valence-electron chi connectivity index (χ0n) is 10.2. The van der Waals surface area contributed by atoms with Gasteiger partial charge in [-0.3, -0.25) is 0 Å². The molecule has 0 unspecified atom stereocenters. The molecule has 1 aromatic carbocycles. The van der Waals surface area contributed by atoms with E-state index in [1.165, 1.54) is 5.56 Å². The summed E-state index contributed by atoms with van der Waals surface area (Å²) in [7, 11) is 1.66. The Balaban J connectivity index is 3.02. The molecule has 0 aromatic heterocycles. The number of methoxy groups -OCH3 is 1. The van der Waals surface area contributed by atoms with Gasteiger partial charge in [0.1, 0.15) is 0 Å². The van der Waals surface area contributed by atoms with E-state index in [-0.39, 0.29) is 6.10 Å². The Hall–Kier alpha value is -1.18. The molecule has 0 radical (unpaired) electrons. The Morgan fingerprint density at radius 3 is 2.13 bits per heavy atom. The maximum Gasteiger partial charge on any atom is 0.161 e. The predicted octanol–water partition coefficient (Wildman–Crippen LogP) is 3.61. The minimum absolute atomic E-state index is 0.168. The van der Waals surface area contributed by atoms with Gasteiger partial charge in [0, 0.05) is 0 Å². The molecule has 0 spiro atoms. The summed E-state index contributed by atoms with van der Waals surface area (Å²) in [6.45, 7) is 8.37. The Bertz CT molecular complexity index is 316. The lowest BCUT2D eigenvalue weighted by molar-refractivity contribution is 0.230. The van der Waals surface area contributed by atoms with Crippen molar-refractivity contribution in [3.63, 3.8) is 0 Å². The van der Waals surface area contributed by atoms with Crippen molar-refractivity contribution in [3.05, 3.63) is 23.8 Å². The molecule has 0 aliphatic carbocycles. The van der Waals surface area contributed by atoms with Crippen LogP contribution in [0.1, 0.15) is 39.2 Å². The molecule has 15 heavy (non-hydrogen) atoms. The molecule has 0 aliphatic heterocycles. The van der Waals surface area contributed by atoms with Crippen LogP contribution in [0.4, 0.5) is 0 Å². The Morgan fingerprint density at radius 2 is 1.67 bits per heavy atom. The molecular weight excluding hydrogens is 188 g/mol. The third-order valence-electron chi connectivity index (χ3n) is 2.22. The third-order valence-corrected chi connectivity index (χ3v) is 2.22. The first-order valence-electron chi connectivity index (χ1n) is 5.39. The standard InChI is InChI=1S/C13H20O2/c1-9(2)11-6-7-12(14-5)13(8-11)15-10(3)4/h6-10H,1-5H3. The van der Waals surface area contributed by atoms with Gasteiger partial charge in [0.05, 0.1) is 13.2 Å². The van der Waals surface area contributed by atoms with Crippen molar-refractivity contribution < 1.29 is 9.47 Å². The molecule has 2 heteroatoms. The second-order valence-electron chi connectivity index (χ2n) is 4.23. The summed E-state index contributed by atoms with van der Waals surface area (Å²) in [5.74, 6) is 2.14. The second kappa shape index (κ2) is 5.06. The van der Waals surface area contributed by atoms with Crippen LogP contribution in [0.25, 0.3) is 0 Å². The van der Waals surface area contributed by atoms with E-state index in [0.29, 0.717) is 5.92 Å². The minimum atomic E-state index is 0.168. The average Bonchev–Trinajstić information content (AvgIpc) is 2.16. The van der Waals surface area contributed by atoms with Crippen LogP contribution in [-0.2, 0) is 0 Å². The van der Waals surface area contributed by atoms with Gasteiger partial charge in [0.2, 0.25) is 0 Å². The molecule has 2 nitrogen and oxygen atoms in total. The Labute approximate surface area is 92.2 Å². The quantitative estimate of drug-likeness (QED) is 0.752. The van der Waals surface area contributed by atoms with Crippen molar-refractivity contribution in [1.29, 1.82) is 0 Å². The van der Waals surface area contributed by atoms with Crippen LogP contribution in [0.5, 0.6) is 11.5 Å². The molecule has 0 bridgehead atoms. The first kappa shape index (κ1) is 11.9. The van der Waals surface area contributed by atoms with E-state index >= 15 is 0 Å². The first-order chi connectivity index (χ1) is 7.04. The van der Waals surface area contributed by atoms with Gasteiger partial charge in [-0.15, -0.1) is 0 Å². The molecule has 0 saturated carbocycles. The molecule has 0 atom stereocenters. The zero-order valence-corrected chi connectivity index (χ0v) is 10.2. The fourth-order valence-electron chi connectivity index (χ4n) is 1.40. The summed E-state index contributed by atoms with van der Waals surface area (Å²) >= 11 is 0. The zero-order chi connectivity index (χ0) is 11.4. The van der Waals surface area contributed by atoms with Crippen molar-refractivity contribution >= 4 is 0 Å². The molecule has 0 aliphatic rings. The van der Waals surface area contributed by atoms with Gasteiger partial charge in [-0.25, -0.2) is 0 Å². The molecule has 0 fully saturated rings. The summed E-state index contributed by atoms with van der Waals surface area (Å²) < 4.78 is 11.0. The van der Waals surface area contributed by atoms with Crippen LogP contribution in [0, 0.1) is 0 Å². The van der Waals surface area contributed by atoms with E-state index in [0.717, 1.165) is 11.5 Å². The van der Waals surface area contributed by atoms with E-state index in [9.17, 15) is 0 Å². The summed E-state index contributed by atoms with van der Waals surface area (Å²) in [6.07, 6.45) is 0.168. The summed E-state index contributed by atoms with van der Waals surface area (Å²) in [5.41, 5.74) is 1.27. The molecule has 0 amide bonds. The number of rotatable bonds is 4. The number of benzene rings is 1. The average molecular weight is 208 g/mol. The van der Waals surface area contributed by atoms with Gasteiger partial charge >= 0.3 is 0 Å². The van der Waals surface area contributed by atoms with Crippen LogP contribution in [-0.4, -0.2) is 13.2 Å². The highest BCUT2D eigenvalue weighted by molar-refractivity contribution is 5.43. The lowest BCUT2D eigenvalue weighted by Gasteiger charge is -2.15. The van der Waals surface area contributed by atoms with Gasteiger partial charge in [-0.1, -0.05) is 19.9 Å². The van der Waals surface area contributed by atoms with Crippen LogP contribution >= 0.6 is 0 Å². The number of ether oxygens (including phenoxy) is 2. The highest BCUT2D eigenvalue weighted by Gasteiger charge is 2.09. The van der Waals surface area contributed by atoms with Crippen molar-refractivity contribution in [2.75, 3.05) is 7.11 Å². The fourth-order valence-corrected chi connectivity index (χ4v) is 1.40. The van der Waals surface area contributed by atoms with Gasteiger partial charge in [0.15, 0.2) is 11.5 Å². The smallest absolute Gasteiger partial charge is 0.161 e. The van der Waals surface area contributed by atoms with Crippen LogP contribution in [0.15, 0.2) is 18.2 Å². The highest BCUT2D eigenvalue weighted by Crippen LogP contribution is 2.31. The maximum atomic E-state index is 5.70. The lowest BCUT2D eigenvalue weighted by Crippen LogP contribution is -2.07.